The van der Waals surface area contributed by atoms with Gasteiger partial charge in [0.05, 0.1) is 11.2 Å². The standard InChI is InChI=1S/C31H27N3O2/c1-21(2)26-13-6-7-14-27(26)31(35)32-23-11-8-12-24(19-23)36-25-16-17-28-29(33-34-30(28)20-25)18-15-22-9-4-3-5-10-22/h3-21H,1-2H3,(H,32,35)(H,33,34)/b18-15+. The van der Waals surface area contributed by atoms with E-state index in [0.29, 0.717) is 22.7 Å². The van der Waals surface area contributed by atoms with E-state index >= 15 is 0 Å². The van der Waals surface area contributed by atoms with Crippen LogP contribution >= 0.6 is 0 Å². The van der Waals surface area contributed by atoms with Gasteiger partial charge in [-0.15, -0.1) is 0 Å². The number of ether oxygens (including phenoxy) is 1. The molecule has 0 atom stereocenters. The molecule has 0 radical (unpaired) electrons. The Balaban J connectivity index is 1.31. The minimum absolute atomic E-state index is 0.133. The van der Waals surface area contributed by atoms with Crippen molar-refractivity contribution in [2.75, 3.05) is 5.32 Å². The average Bonchev–Trinajstić information content (AvgIpc) is 3.30. The lowest BCUT2D eigenvalue weighted by molar-refractivity contribution is 0.102. The van der Waals surface area contributed by atoms with Gasteiger partial charge in [0.1, 0.15) is 11.5 Å². The zero-order valence-electron chi connectivity index (χ0n) is 20.2. The number of hydrogen-bond acceptors (Lipinski definition) is 3. The smallest absolute Gasteiger partial charge is 0.255 e. The Morgan fingerprint density at radius 2 is 1.64 bits per heavy atom. The van der Waals surface area contributed by atoms with E-state index in [2.05, 4.69) is 41.5 Å². The summed E-state index contributed by atoms with van der Waals surface area (Å²) in [6, 6.07) is 31.0. The third-order valence-electron chi connectivity index (χ3n) is 5.95. The Bertz CT molecular complexity index is 1530. The van der Waals surface area contributed by atoms with Gasteiger partial charge in [-0.05, 0) is 53.5 Å². The van der Waals surface area contributed by atoms with Gasteiger partial charge in [0.15, 0.2) is 0 Å². The first kappa shape index (κ1) is 23.1. The summed E-state index contributed by atoms with van der Waals surface area (Å²) < 4.78 is 6.10. The first-order valence-corrected chi connectivity index (χ1v) is 12.0. The van der Waals surface area contributed by atoms with Crippen LogP contribution in [0.4, 0.5) is 5.69 Å². The number of fused-ring (bicyclic) bond motifs is 1. The number of nitrogens with one attached hydrogen (secondary N) is 2. The second-order valence-electron chi connectivity index (χ2n) is 8.89. The van der Waals surface area contributed by atoms with Crippen LogP contribution in [0.15, 0.2) is 97.1 Å². The fourth-order valence-corrected chi connectivity index (χ4v) is 4.13. The quantitative estimate of drug-likeness (QED) is 0.252. The van der Waals surface area contributed by atoms with Gasteiger partial charge in [-0.1, -0.05) is 74.5 Å². The van der Waals surface area contributed by atoms with Crippen LogP contribution < -0.4 is 10.1 Å². The SMILES string of the molecule is CC(C)c1ccccc1C(=O)Nc1cccc(Oc2ccc3c(/C=C/c4ccccc4)n[nH]c3c2)c1. The molecule has 0 bridgehead atoms. The second-order valence-corrected chi connectivity index (χ2v) is 8.89. The van der Waals surface area contributed by atoms with Crippen LogP contribution in [0, 0.1) is 0 Å². The second kappa shape index (κ2) is 10.3. The number of anilines is 1. The Labute approximate surface area is 210 Å². The highest BCUT2D eigenvalue weighted by molar-refractivity contribution is 6.05. The molecule has 178 valence electrons. The lowest BCUT2D eigenvalue weighted by Crippen LogP contribution is -2.14. The number of hydrogen-bond donors (Lipinski definition) is 2. The summed E-state index contributed by atoms with van der Waals surface area (Å²) in [4.78, 5) is 12.9. The fourth-order valence-electron chi connectivity index (χ4n) is 4.13. The van der Waals surface area contributed by atoms with Crippen molar-refractivity contribution in [2.45, 2.75) is 19.8 Å². The molecule has 0 fully saturated rings. The molecular formula is C31H27N3O2. The highest BCUT2D eigenvalue weighted by atomic mass is 16.5. The topological polar surface area (TPSA) is 67.0 Å². The molecule has 2 N–H and O–H groups in total. The molecule has 0 saturated carbocycles. The molecule has 36 heavy (non-hydrogen) atoms. The van der Waals surface area contributed by atoms with Crippen molar-refractivity contribution in [1.82, 2.24) is 10.2 Å². The van der Waals surface area contributed by atoms with Crippen molar-refractivity contribution in [1.29, 1.82) is 0 Å². The van der Waals surface area contributed by atoms with E-state index in [9.17, 15) is 4.79 Å². The largest absolute Gasteiger partial charge is 0.457 e. The maximum Gasteiger partial charge on any atom is 0.255 e. The van der Waals surface area contributed by atoms with Crippen LogP contribution in [0.25, 0.3) is 23.1 Å². The number of carbonyl (C=O) groups is 1. The minimum atomic E-state index is -0.133. The Kier molecular flexibility index (Phi) is 6.63. The molecular weight excluding hydrogens is 446 g/mol. The number of aromatic nitrogens is 2. The number of nitrogens with zero attached hydrogens (tertiary/aromatic N) is 1. The average molecular weight is 474 g/mol. The molecule has 5 heteroatoms. The normalized spacial score (nSPS) is 11.3. The summed E-state index contributed by atoms with van der Waals surface area (Å²) in [7, 11) is 0. The summed E-state index contributed by atoms with van der Waals surface area (Å²) in [5.41, 5.74) is 5.25. The van der Waals surface area contributed by atoms with Gasteiger partial charge in [0, 0.05) is 28.8 Å². The van der Waals surface area contributed by atoms with E-state index in [-0.39, 0.29) is 11.8 Å². The number of aromatic amines is 1. The van der Waals surface area contributed by atoms with Crippen LogP contribution in [-0.4, -0.2) is 16.1 Å². The third-order valence-corrected chi connectivity index (χ3v) is 5.95. The molecule has 4 aromatic carbocycles. The van der Waals surface area contributed by atoms with Crippen molar-refractivity contribution in [2.24, 2.45) is 0 Å². The van der Waals surface area contributed by atoms with Crippen LogP contribution in [0.2, 0.25) is 0 Å². The van der Waals surface area contributed by atoms with Gasteiger partial charge in [-0.2, -0.15) is 5.10 Å². The Hall–Kier alpha value is -4.64. The van der Waals surface area contributed by atoms with Crippen molar-refractivity contribution < 1.29 is 9.53 Å². The minimum Gasteiger partial charge on any atom is -0.457 e. The van der Waals surface area contributed by atoms with E-state index in [1.54, 1.807) is 0 Å². The van der Waals surface area contributed by atoms with Gasteiger partial charge in [-0.3, -0.25) is 9.89 Å². The maximum absolute atomic E-state index is 12.9. The zero-order chi connectivity index (χ0) is 24.9. The van der Waals surface area contributed by atoms with Crippen molar-refractivity contribution in [3.8, 4) is 11.5 Å². The van der Waals surface area contributed by atoms with E-state index in [1.807, 2.05) is 97.1 Å². The number of carbonyl (C=O) groups excluding carboxylic acids is 1. The molecule has 1 amide bonds. The predicted molar refractivity (Wildman–Crippen MR) is 146 cm³/mol. The Morgan fingerprint density at radius 3 is 2.47 bits per heavy atom. The van der Waals surface area contributed by atoms with E-state index in [0.717, 1.165) is 27.7 Å². The monoisotopic (exact) mass is 473 g/mol. The number of benzene rings is 4. The molecule has 0 saturated heterocycles. The molecule has 1 aromatic heterocycles. The molecule has 0 unspecified atom stereocenters. The van der Waals surface area contributed by atoms with Gasteiger partial charge in [0.2, 0.25) is 0 Å². The first-order valence-electron chi connectivity index (χ1n) is 12.0. The molecule has 0 aliphatic rings. The molecule has 1 heterocycles. The van der Waals surface area contributed by atoms with E-state index in [4.69, 9.17) is 4.74 Å². The van der Waals surface area contributed by atoms with E-state index < -0.39 is 0 Å². The number of rotatable bonds is 7. The predicted octanol–water partition coefficient (Wildman–Crippen LogP) is 7.90. The summed E-state index contributed by atoms with van der Waals surface area (Å²) in [6.07, 6.45) is 4.04. The molecule has 0 aliphatic heterocycles. The van der Waals surface area contributed by atoms with Gasteiger partial charge in [0.25, 0.3) is 5.91 Å². The third kappa shape index (κ3) is 5.20. The van der Waals surface area contributed by atoms with Gasteiger partial charge < -0.3 is 10.1 Å². The summed E-state index contributed by atoms with van der Waals surface area (Å²) in [5.74, 6) is 1.44. The zero-order valence-corrected chi connectivity index (χ0v) is 20.2. The van der Waals surface area contributed by atoms with Gasteiger partial charge >= 0.3 is 0 Å². The van der Waals surface area contributed by atoms with Crippen molar-refractivity contribution >= 4 is 34.6 Å². The van der Waals surface area contributed by atoms with Gasteiger partial charge in [-0.25, -0.2) is 0 Å². The molecule has 0 spiro atoms. The first-order chi connectivity index (χ1) is 17.6. The van der Waals surface area contributed by atoms with Crippen LogP contribution in [0.3, 0.4) is 0 Å². The molecule has 5 nitrogen and oxygen atoms in total. The van der Waals surface area contributed by atoms with Crippen LogP contribution in [-0.2, 0) is 0 Å². The number of amides is 1. The fraction of sp³-hybridized carbons (Fsp3) is 0.0968. The lowest BCUT2D eigenvalue weighted by atomic mass is 9.97. The summed E-state index contributed by atoms with van der Waals surface area (Å²) >= 11 is 0. The lowest BCUT2D eigenvalue weighted by Gasteiger charge is -2.13. The van der Waals surface area contributed by atoms with Crippen molar-refractivity contribution in [3.05, 3.63) is 119 Å². The molecule has 5 rings (SSSR count). The number of H-pyrrole nitrogens is 1. The van der Waals surface area contributed by atoms with Crippen molar-refractivity contribution in [3.63, 3.8) is 0 Å². The summed E-state index contributed by atoms with van der Waals surface area (Å²) in [6.45, 7) is 4.17. The van der Waals surface area contributed by atoms with E-state index in [1.165, 1.54) is 0 Å². The highest BCUT2D eigenvalue weighted by Crippen LogP contribution is 2.29. The van der Waals surface area contributed by atoms with Crippen LogP contribution in [0.5, 0.6) is 11.5 Å². The maximum atomic E-state index is 12.9. The molecule has 0 aliphatic carbocycles. The summed E-state index contributed by atoms with van der Waals surface area (Å²) in [5, 5.41) is 11.5. The molecule has 5 aromatic rings. The Morgan fingerprint density at radius 1 is 0.861 bits per heavy atom. The van der Waals surface area contributed by atoms with Crippen LogP contribution in [0.1, 0.15) is 46.9 Å². The highest BCUT2D eigenvalue weighted by Gasteiger charge is 2.14.